The van der Waals surface area contributed by atoms with Gasteiger partial charge in [-0.2, -0.15) is 0 Å². The van der Waals surface area contributed by atoms with Gasteiger partial charge in [0, 0.05) is 103 Å². The lowest BCUT2D eigenvalue weighted by atomic mass is 9.75. The van der Waals surface area contributed by atoms with Crippen LogP contribution in [0.5, 0.6) is 0 Å². The van der Waals surface area contributed by atoms with Gasteiger partial charge in [-0.1, -0.05) is 466 Å². The first-order chi connectivity index (χ1) is 68.9. The Kier molecular flexibility index (Phi) is 28.7. The molecule has 1 amide bonds. The lowest BCUT2D eigenvalue weighted by Gasteiger charge is -2.15. The molecule has 140 heavy (non-hydrogen) atoms. The summed E-state index contributed by atoms with van der Waals surface area (Å²) in [5, 5.41) is 30.4. The maximum absolute atomic E-state index is 12.7. The highest BCUT2D eigenvalue weighted by atomic mass is 35.5. The molecule has 0 atom stereocenters. The topological polar surface area (TPSA) is 160 Å². The lowest BCUT2D eigenvalue weighted by molar-refractivity contribution is 0.102. The van der Waals surface area contributed by atoms with E-state index in [9.17, 15) is 14.8 Å². The van der Waals surface area contributed by atoms with Crippen LogP contribution in [-0.4, -0.2) is 48.0 Å². The first kappa shape index (κ1) is 92.0. The van der Waals surface area contributed by atoms with E-state index in [1.807, 2.05) is 255 Å². The molecule has 0 aliphatic rings. The van der Waals surface area contributed by atoms with Crippen molar-refractivity contribution in [1.82, 2.24) is 24.9 Å². The fourth-order valence-corrected chi connectivity index (χ4v) is 18.0. The number of nitrogen functional groups attached to an aromatic ring is 1. The second kappa shape index (κ2) is 43.7. The lowest BCUT2D eigenvalue weighted by Crippen LogP contribution is -2.31. The number of carbonyl (C=O) groups excluding carboxylic acids is 1. The van der Waals surface area contributed by atoms with E-state index in [4.69, 9.17) is 65.5 Å². The van der Waals surface area contributed by atoms with Crippen molar-refractivity contribution in [2.24, 2.45) is 0 Å². The monoisotopic (exact) mass is 1860 g/mol. The minimum atomic E-state index is -1.43. The van der Waals surface area contributed by atoms with Crippen LogP contribution in [0.2, 0.25) is 15.1 Å². The molecule has 0 saturated carbocycles. The summed E-state index contributed by atoms with van der Waals surface area (Å²) in [7, 11) is -1.43. The van der Waals surface area contributed by atoms with Crippen molar-refractivity contribution in [2.45, 2.75) is 0 Å². The third-order valence-corrected chi connectivity index (χ3v) is 25.0. The Morgan fingerprint density at radius 2 is 0.543 bits per heavy atom. The number of hydrogen-bond donors (Lipinski definition) is 4. The number of anilines is 2. The number of benzene rings is 20. The first-order valence-corrected chi connectivity index (χ1v) is 47.1. The van der Waals surface area contributed by atoms with Crippen molar-refractivity contribution in [3.8, 4) is 146 Å². The first-order valence-electron chi connectivity index (χ1n) is 46.0. The Balaban J connectivity index is 0.000000119. The number of nitrogens with one attached hydrogen (secondary N) is 1. The molecule has 0 aliphatic carbocycles. The minimum absolute atomic E-state index is 0.152. The van der Waals surface area contributed by atoms with Crippen LogP contribution in [0.3, 0.4) is 0 Å². The predicted molar refractivity (Wildman–Crippen MR) is 586 cm³/mol. The largest absolute Gasteiger partial charge is 0.489 e. The van der Waals surface area contributed by atoms with Gasteiger partial charge in [-0.3, -0.25) is 4.79 Å². The van der Waals surface area contributed by atoms with Crippen LogP contribution in [0.4, 0.5) is 11.4 Å². The van der Waals surface area contributed by atoms with Crippen LogP contribution in [0.25, 0.3) is 189 Å². The van der Waals surface area contributed by atoms with Gasteiger partial charge in [0.2, 0.25) is 0 Å². The highest BCUT2D eigenvalue weighted by Gasteiger charge is 2.23. The SMILES string of the molecule is Clc1ccc2nc(-c3ccccc3)c3cccc(-c4ccccc4)c3c2c1.Nc1ccc(Cl)cc1-c1ccccc1-c1ccccc1.O=C(Nc1ccc(Cl)cc1-c1ccccc1-c1ccccc1)c1ccccc1.OB(O)c1ccccc1-c1ccccc1.c1ccc(-c2nc(-c3ccccc3)nc(-c3ccc(-c4ccc5nc(-c6ccccc6)c6cccc(-c7ccccc7)c6c5c4)cc3)n2)cc1. The highest BCUT2D eigenvalue weighted by Crippen LogP contribution is 2.45. The van der Waals surface area contributed by atoms with E-state index >= 15 is 0 Å². The number of fused-ring (bicyclic) bond motifs is 6. The average Bonchev–Trinajstić information content (AvgIpc) is 0.742. The molecule has 0 saturated heterocycles. The number of rotatable bonds is 16. The van der Waals surface area contributed by atoms with Crippen molar-refractivity contribution in [3.05, 3.63) is 530 Å². The van der Waals surface area contributed by atoms with E-state index in [1.54, 1.807) is 30.3 Å². The molecule has 0 spiro atoms. The third kappa shape index (κ3) is 21.3. The fourth-order valence-electron chi connectivity index (χ4n) is 17.5. The summed E-state index contributed by atoms with van der Waals surface area (Å²) in [5.41, 5.74) is 35.0. The van der Waals surface area contributed by atoms with E-state index in [2.05, 4.69) is 230 Å². The standard InChI is InChI=1S/C46H30N4.C25H18ClNO.C25H16ClN.C18H14ClN.C12H11BO2/c1-5-14-32(15-6-1)38-22-13-23-39-42(38)40-30-37(28-29-41(40)47-43(39)33-16-7-2-8-17-33)31-24-26-36(27-25-31)46-49-44(34-18-9-3-10-19-34)48-45(50-46)35-20-11-4-12-21-35;26-20-15-16-24(27-25(28)19-11-5-2-6-12-19)23(17-20)22-14-8-7-13-21(22)18-9-3-1-4-10-18;26-19-14-15-23-22(16-19)24-20(17-8-3-1-4-9-17)12-7-13-21(24)25(27-23)18-10-5-2-6-11-18;19-14-10-11-18(20)17(12-14)16-9-5-4-8-15(16)13-6-2-1-3-7-13;14-13(15)12-9-5-4-8-11(12)10-6-2-1-3-7-10/h1-30H;1-17H,(H,27,28);1-16H;1-12H,20H2;1-9,14-15H. The molecule has 0 unspecified atom stereocenters. The van der Waals surface area contributed by atoms with Crippen molar-refractivity contribution < 1.29 is 14.8 Å². The summed E-state index contributed by atoms with van der Waals surface area (Å²) in [6, 6.07) is 170. The molecule has 0 fully saturated rings. The van der Waals surface area contributed by atoms with Gasteiger partial charge in [-0.05, 0) is 162 Å². The van der Waals surface area contributed by atoms with Crippen LogP contribution in [0.15, 0.2) is 510 Å². The Bertz CT molecular complexity index is 8210. The fraction of sp³-hybridized carbons (Fsp3) is 0. The number of halogens is 3. The second-order valence-corrected chi connectivity index (χ2v) is 34.6. The molecule has 3 aromatic heterocycles. The summed E-state index contributed by atoms with van der Waals surface area (Å²) in [4.78, 5) is 37.6. The number of hydrogen-bond acceptors (Lipinski definition) is 9. The molecule has 0 radical (unpaired) electrons. The molecule has 23 aromatic rings. The molecule has 0 aliphatic heterocycles. The number of nitrogens with zero attached hydrogens (tertiary/aromatic N) is 5. The smallest absolute Gasteiger partial charge is 0.423 e. The van der Waals surface area contributed by atoms with Crippen LogP contribution < -0.4 is 16.5 Å². The van der Waals surface area contributed by atoms with Crippen molar-refractivity contribution in [3.63, 3.8) is 0 Å². The van der Waals surface area contributed by atoms with E-state index in [1.165, 1.54) is 38.6 Å². The van der Waals surface area contributed by atoms with Crippen LogP contribution >= 0.6 is 34.8 Å². The van der Waals surface area contributed by atoms with Gasteiger partial charge in [0.15, 0.2) is 17.5 Å². The number of amides is 1. The van der Waals surface area contributed by atoms with E-state index in [0.717, 1.165) is 149 Å². The van der Waals surface area contributed by atoms with Gasteiger partial charge < -0.3 is 21.1 Å². The Morgan fingerprint density at radius 3 is 0.986 bits per heavy atom. The molecule has 670 valence electrons. The zero-order valence-electron chi connectivity index (χ0n) is 75.8. The second-order valence-electron chi connectivity index (χ2n) is 33.2. The number of carbonyl (C=O) groups is 1. The van der Waals surface area contributed by atoms with Crippen molar-refractivity contribution in [2.75, 3.05) is 11.1 Å². The van der Waals surface area contributed by atoms with E-state index < -0.39 is 7.12 Å². The quantitative estimate of drug-likeness (QED) is 0.0419. The molecule has 10 nitrogen and oxygen atoms in total. The maximum atomic E-state index is 12.7. The summed E-state index contributed by atoms with van der Waals surface area (Å²) in [6.07, 6.45) is 0. The summed E-state index contributed by atoms with van der Waals surface area (Å²) in [6.45, 7) is 0. The summed E-state index contributed by atoms with van der Waals surface area (Å²) < 4.78 is 0. The van der Waals surface area contributed by atoms with E-state index in [-0.39, 0.29) is 5.91 Å². The summed E-state index contributed by atoms with van der Waals surface area (Å²) in [5.74, 6) is 1.79. The van der Waals surface area contributed by atoms with Gasteiger partial charge >= 0.3 is 7.12 Å². The van der Waals surface area contributed by atoms with Gasteiger partial charge in [0.25, 0.3) is 5.91 Å². The zero-order chi connectivity index (χ0) is 95.5. The van der Waals surface area contributed by atoms with Gasteiger partial charge in [-0.15, -0.1) is 0 Å². The molecule has 14 heteroatoms. The Morgan fingerprint density at radius 1 is 0.236 bits per heavy atom. The molecule has 23 rings (SSSR count). The van der Waals surface area contributed by atoms with Crippen molar-refractivity contribution >= 4 is 108 Å². The van der Waals surface area contributed by atoms with E-state index in [0.29, 0.717) is 38.5 Å². The third-order valence-electron chi connectivity index (χ3n) is 24.2. The van der Waals surface area contributed by atoms with Gasteiger partial charge in [0.1, 0.15) is 0 Å². The van der Waals surface area contributed by atoms with Crippen LogP contribution in [0, 0.1) is 0 Å². The molecular formula is C126H89BCl3N7O3. The molecule has 3 heterocycles. The predicted octanol–water partition coefficient (Wildman–Crippen LogP) is 32.2. The average molecular weight is 1870 g/mol. The van der Waals surface area contributed by atoms with Crippen molar-refractivity contribution in [1.29, 1.82) is 0 Å². The highest BCUT2D eigenvalue weighted by molar-refractivity contribution is 6.60. The normalized spacial score (nSPS) is 10.8. The molecule has 5 N–H and O–H groups in total. The van der Waals surface area contributed by atoms with Gasteiger partial charge in [0.05, 0.1) is 22.4 Å². The minimum Gasteiger partial charge on any atom is -0.423 e. The molecule has 0 bridgehead atoms. The van der Waals surface area contributed by atoms with Crippen LogP contribution in [0.1, 0.15) is 10.4 Å². The van der Waals surface area contributed by atoms with Crippen LogP contribution in [-0.2, 0) is 0 Å². The summed E-state index contributed by atoms with van der Waals surface area (Å²) >= 11 is 18.8. The molecule has 20 aromatic carbocycles. The number of nitrogens with two attached hydrogens (primary N) is 1. The molecular weight excluding hydrogens is 1780 g/mol. The van der Waals surface area contributed by atoms with Gasteiger partial charge in [-0.25, -0.2) is 24.9 Å². The number of pyridine rings is 2. The maximum Gasteiger partial charge on any atom is 0.489 e. The Labute approximate surface area is 828 Å². The Hall–Kier alpha value is -17.1. The zero-order valence-corrected chi connectivity index (χ0v) is 78.1. The number of aromatic nitrogens is 5.